The highest BCUT2D eigenvalue weighted by molar-refractivity contribution is 7.09. The molecule has 0 saturated carbocycles. The highest BCUT2D eigenvalue weighted by Crippen LogP contribution is 2.24. The molecule has 5 heteroatoms. The number of hydrogen-bond acceptors (Lipinski definition) is 4. The molecule has 0 bridgehead atoms. The molecule has 102 valence electrons. The molecule has 1 N–H and O–H groups in total. The summed E-state index contributed by atoms with van der Waals surface area (Å²) in [6.45, 7) is 5.46. The fourth-order valence-electron chi connectivity index (χ4n) is 1.60. The molecule has 0 aliphatic rings. The summed E-state index contributed by atoms with van der Waals surface area (Å²) in [7, 11) is 0. The lowest BCUT2D eigenvalue weighted by atomic mass is 10.2. The maximum absolute atomic E-state index is 6.04. The van der Waals surface area contributed by atoms with E-state index in [1.165, 1.54) is 0 Å². The predicted molar refractivity (Wildman–Crippen MR) is 79.9 cm³/mol. The highest BCUT2D eigenvalue weighted by Gasteiger charge is 2.07. The number of rotatable bonds is 6. The SMILES string of the molecule is CC(C)NCc1cc(Cl)ccc1OCc1nccs1. The van der Waals surface area contributed by atoms with Crippen molar-refractivity contribution in [2.45, 2.75) is 33.0 Å². The smallest absolute Gasteiger partial charge is 0.140 e. The van der Waals surface area contributed by atoms with Crippen LogP contribution in [0.2, 0.25) is 5.02 Å². The molecule has 1 aromatic heterocycles. The number of thiazole rings is 1. The second-order valence-corrected chi connectivity index (χ2v) is 5.92. The third-order valence-corrected chi connectivity index (χ3v) is 3.55. The molecule has 0 saturated heterocycles. The first-order chi connectivity index (χ1) is 9.15. The van der Waals surface area contributed by atoms with E-state index in [4.69, 9.17) is 16.3 Å². The summed E-state index contributed by atoms with van der Waals surface area (Å²) in [5, 5.41) is 7.01. The molecule has 0 aliphatic carbocycles. The van der Waals surface area contributed by atoms with Crippen LogP contribution in [0.25, 0.3) is 0 Å². The number of ether oxygens (including phenoxy) is 1. The maximum atomic E-state index is 6.04. The van der Waals surface area contributed by atoms with E-state index in [-0.39, 0.29) is 0 Å². The van der Waals surface area contributed by atoms with Crippen molar-refractivity contribution in [1.82, 2.24) is 10.3 Å². The third kappa shape index (κ3) is 4.49. The van der Waals surface area contributed by atoms with E-state index >= 15 is 0 Å². The van der Waals surface area contributed by atoms with Gasteiger partial charge >= 0.3 is 0 Å². The lowest BCUT2D eigenvalue weighted by Gasteiger charge is -2.13. The largest absolute Gasteiger partial charge is 0.486 e. The van der Waals surface area contributed by atoms with Gasteiger partial charge in [-0.05, 0) is 18.2 Å². The van der Waals surface area contributed by atoms with Gasteiger partial charge in [-0.3, -0.25) is 0 Å². The van der Waals surface area contributed by atoms with Crippen molar-refractivity contribution in [3.63, 3.8) is 0 Å². The zero-order valence-electron chi connectivity index (χ0n) is 11.0. The van der Waals surface area contributed by atoms with E-state index in [2.05, 4.69) is 24.1 Å². The standard InChI is InChI=1S/C14H17ClN2OS/c1-10(2)17-8-11-7-12(15)3-4-13(11)18-9-14-16-5-6-19-14/h3-7,10,17H,8-9H2,1-2H3. The van der Waals surface area contributed by atoms with Crippen molar-refractivity contribution in [3.05, 3.63) is 45.4 Å². The quantitative estimate of drug-likeness (QED) is 0.878. The number of nitrogens with one attached hydrogen (secondary N) is 1. The molecule has 2 rings (SSSR count). The van der Waals surface area contributed by atoms with Gasteiger partial charge in [0.25, 0.3) is 0 Å². The first-order valence-electron chi connectivity index (χ1n) is 6.18. The summed E-state index contributed by atoms with van der Waals surface area (Å²) in [5.41, 5.74) is 1.07. The Labute approximate surface area is 122 Å². The molecule has 0 fully saturated rings. The predicted octanol–water partition coefficient (Wildman–Crippen LogP) is 3.87. The summed E-state index contributed by atoms with van der Waals surface area (Å²) in [5.74, 6) is 0.854. The van der Waals surface area contributed by atoms with Crippen molar-refractivity contribution in [3.8, 4) is 5.75 Å². The average Bonchev–Trinajstić information content (AvgIpc) is 2.88. The van der Waals surface area contributed by atoms with Crippen LogP contribution in [-0.4, -0.2) is 11.0 Å². The zero-order valence-corrected chi connectivity index (χ0v) is 12.6. The van der Waals surface area contributed by atoms with Crippen molar-refractivity contribution in [2.75, 3.05) is 0 Å². The molecule has 0 radical (unpaired) electrons. The number of halogens is 1. The maximum Gasteiger partial charge on any atom is 0.140 e. The Bertz CT molecular complexity index is 514. The Hall–Kier alpha value is -1.10. The van der Waals surface area contributed by atoms with Gasteiger partial charge in [0, 0.05) is 34.7 Å². The Kier molecular flexibility index (Phi) is 5.19. The lowest BCUT2D eigenvalue weighted by molar-refractivity contribution is 0.301. The van der Waals surface area contributed by atoms with Gasteiger partial charge in [-0.15, -0.1) is 11.3 Å². The van der Waals surface area contributed by atoms with Crippen molar-refractivity contribution < 1.29 is 4.74 Å². The summed E-state index contributed by atoms with van der Waals surface area (Å²) in [4.78, 5) is 4.20. The van der Waals surface area contributed by atoms with Crippen LogP contribution in [0.4, 0.5) is 0 Å². The second-order valence-electron chi connectivity index (χ2n) is 4.50. The Morgan fingerprint density at radius 3 is 2.95 bits per heavy atom. The molecule has 0 spiro atoms. The van der Waals surface area contributed by atoms with Crippen LogP contribution in [0.5, 0.6) is 5.75 Å². The number of benzene rings is 1. The Balaban J connectivity index is 2.05. The Morgan fingerprint density at radius 1 is 1.42 bits per heavy atom. The van der Waals surface area contributed by atoms with Crippen LogP contribution in [0.15, 0.2) is 29.8 Å². The zero-order chi connectivity index (χ0) is 13.7. The molecule has 0 unspecified atom stereocenters. The molecule has 3 nitrogen and oxygen atoms in total. The number of nitrogens with zero attached hydrogens (tertiary/aromatic N) is 1. The molecule has 19 heavy (non-hydrogen) atoms. The molecular formula is C14H17ClN2OS. The fraction of sp³-hybridized carbons (Fsp3) is 0.357. The van der Waals surface area contributed by atoms with E-state index in [0.29, 0.717) is 12.6 Å². The van der Waals surface area contributed by atoms with Gasteiger partial charge < -0.3 is 10.1 Å². The minimum Gasteiger partial charge on any atom is -0.486 e. The average molecular weight is 297 g/mol. The topological polar surface area (TPSA) is 34.1 Å². The van der Waals surface area contributed by atoms with Crippen LogP contribution in [-0.2, 0) is 13.2 Å². The first-order valence-corrected chi connectivity index (χ1v) is 7.44. The molecule has 2 aromatic rings. The summed E-state index contributed by atoms with van der Waals surface area (Å²) in [6, 6.07) is 6.12. The highest BCUT2D eigenvalue weighted by atomic mass is 35.5. The van der Waals surface area contributed by atoms with E-state index in [0.717, 1.165) is 27.9 Å². The van der Waals surface area contributed by atoms with E-state index in [1.54, 1.807) is 17.5 Å². The van der Waals surface area contributed by atoms with Crippen LogP contribution in [0, 0.1) is 0 Å². The fourth-order valence-corrected chi connectivity index (χ4v) is 2.33. The van der Waals surface area contributed by atoms with Gasteiger partial charge in [0.15, 0.2) is 0 Å². The first kappa shape index (κ1) is 14.3. The Morgan fingerprint density at radius 2 is 2.26 bits per heavy atom. The summed E-state index contributed by atoms with van der Waals surface area (Å²) >= 11 is 7.63. The molecule has 0 aliphatic heterocycles. The normalized spacial score (nSPS) is 10.9. The van der Waals surface area contributed by atoms with Crippen molar-refractivity contribution >= 4 is 22.9 Å². The van der Waals surface area contributed by atoms with Gasteiger partial charge in [-0.2, -0.15) is 0 Å². The summed E-state index contributed by atoms with van der Waals surface area (Å²) in [6.07, 6.45) is 1.78. The van der Waals surface area contributed by atoms with Gasteiger partial charge in [0.05, 0.1) is 0 Å². The van der Waals surface area contributed by atoms with Crippen LogP contribution >= 0.6 is 22.9 Å². The van der Waals surface area contributed by atoms with Gasteiger partial charge in [0.1, 0.15) is 17.4 Å². The van der Waals surface area contributed by atoms with Gasteiger partial charge in [-0.25, -0.2) is 4.98 Å². The number of hydrogen-bond donors (Lipinski definition) is 1. The number of aromatic nitrogens is 1. The molecular weight excluding hydrogens is 280 g/mol. The van der Waals surface area contributed by atoms with Gasteiger partial charge in [-0.1, -0.05) is 25.4 Å². The molecule has 0 atom stereocenters. The van der Waals surface area contributed by atoms with Gasteiger partial charge in [0.2, 0.25) is 0 Å². The second kappa shape index (κ2) is 6.89. The summed E-state index contributed by atoms with van der Waals surface area (Å²) < 4.78 is 5.82. The molecule has 1 aromatic carbocycles. The minimum atomic E-state index is 0.422. The van der Waals surface area contributed by atoms with Crippen molar-refractivity contribution in [1.29, 1.82) is 0 Å². The minimum absolute atomic E-state index is 0.422. The van der Waals surface area contributed by atoms with E-state index in [9.17, 15) is 0 Å². The van der Waals surface area contributed by atoms with E-state index in [1.807, 2.05) is 23.6 Å². The van der Waals surface area contributed by atoms with E-state index < -0.39 is 0 Å². The third-order valence-electron chi connectivity index (χ3n) is 2.56. The molecule has 0 amide bonds. The van der Waals surface area contributed by atoms with Crippen LogP contribution in [0.3, 0.4) is 0 Å². The monoisotopic (exact) mass is 296 g/mol. The lowest BCUT2D eigenvalue weighted by Crippen LogP contribution is -2.22. The van der Waals surface area contributed by atoms with Crippen LogP contribution < -0.4 is 10.1 Å². The molecule has 1 heterocycles. The van der Waals surface area contributed by atoms with Crippen LogP contribution in [0.1, 0.15) is 24.4 Å². The van der Waals surface area contributed by atoms with Crippen molar-refractivity contribution in [2.24, 2.45) is 0 Å².